The van der Waals surface area contributed by atoms with Gasteiger partial charge in [-0.15, -0.1) is 0 Å². The van der Waals surface area contributed by atoms with Crippen LogP contribution in [-0.4, -0.2) is 43.2 Å². The Kier molecular flexibility index (Phi) is 4.03. The van der Waals surface area contributed by atoms with E-state index in [0.29, 0.717) is 19.1 Å². The number of carbonyl (C=O) groups excluding carboxylic acids is 1. The number of nitrogens with two attached hydrogens (primary N) is 1. The third kappa shape index (κ3) is 2.72. The summed E-state index contributed by atoms with van der Waals surface area (Å²) in [5.41, 5.74) is 7.32. The third-order valence-corrected chi connectivity index (χ3v) is 4.52. The van der Waals surface area contributed by atoms with Crippen LogP contribution in [0.4, 0.5) is 0 Å². The number of amides is 1. The summed E-state index contributed by atoms with van der Waals surface area (Å²) < 4.78 is 5.30. The van der Waals surface area contributed by atoms with E-state index in [1.54, 1.807) is 0 Å². The summed E-state index contributed by atoms with van der Waals surface area (Å²) in [6.07, 6.45) is 2.08. The molecule has 2 unspecified atom stereocenters. The van der Waals surface area contributed by atoms with Crippen molar-refractivity contribution in [3.8, 4) is 0 Å². The maximum atomic E-state index is 12.4. The molecular weight excluding hydrogens is 252 g/mol. The van der Waals surface area contributed by atoms with Crippen LogP contribution in [0.25, 0.3) is 0 Å². The SMILES string of the molecule is NC1COCC1C(=O)N1CCC(c2ccccc2)CC1. The Balaban J connectivity index is 1.57. The molecule has 2 N–H and O–H groups in total. The highest BCUT2D eigenvalue weighted by Gasteiger charge is 2.35. The number of piperidine rings is 1. The molecule has 2 atom stereocenters. The summed E-state index contributed by atoms with van der Waals surface area (Å²) in [4.78, 5) is 14.4. The molecule has 2 aliphatic heterocycles. The molecule has 4 nitrogen and oxygen atoms in total. The van der Waals surface area contributed by atoms with Gasteiger partial charge in [0, 0.05) is 19.1 Å². The van der Waals surface area contributed by atoms with Crippen molar-refractivity contribution in [2.24, 2.45) is 11.7 Å². The second-order valence-corrected chi connectivity index (χ2v) is 5.82. The Labute approximate surface area is 119 Å². The Morgan fingerprint density at radius 2 is 1.85 bits per heavy atom. The van der Waals surface area contributed by atoms with Crippen LogP contribution in [0.2, 0.25) is 0 Å². The molecular formula is C16H22N2O2. The minimum atomic E-state index is -0.136. The second kappa shape index (κ2) is 5.94. The van der Waals surface area contributed by atoms with E-state index in [4.69, 9.17) is 10.5 Å². The van der Waals surface area contributed by atoms with Gasteiger partial charge in [-0.2, -0.15) is 0 Å². The smallest absolute Gasteiger partial charge is 0.229 e. The predicted molar refractivity (Wildman–Crippen MR) is 77.3 cm³/mol. The van der Waals surface area contributed by atoms with Gasteiger partial charge in [-0.05, 0) is 24.3 Å². The summed E-state index contributed by atoms with van der Waals surface area (Å²) in [5.74, 6) is 0.624. The number of hydrogen-bond acceptors (Lipinski definition) is 3. The van der Waals surface area contributed by atoms with Crippen molar-refractivity contribution in [3.63, 3.8) is 0 Å². The minimum absolute atomic E-state index is 0.130. The topological polar surface area (TPSA) is 55.6 Å². The first-order valence-corrected chi connectivity index (χ1v) is 7.43. The lowest BCUT2D eigenvalue weighted by Crippen LogP contribution is -2.46. The quantitative estimate of drug-likeness (QED) is 0.886. The van der Waals surface area contributed by atoms with Crippen LogP contribution in [0.1, 0.15) is 24.3 Å². The Morgan fingerprint density at radius 3 is 2.45 bits per heavy atom. The van der Waals surface area contributed by atoms with Crippen molar-refractivity contribution >= 4 is 5.91 Å². The van der Waals surface area contributed by atoms with E-state index in [0.717, 1.165) is 25.9 Å². The van der Waals surface area contributed by atoms with E-state index in [2.05, 4.69) is 24.3 Å². The third-order valence-electron chi connectivity index (χ3n) is 4.52. The van der Waals surface area contributed by atoms with Gasteiger partial charge in [0.15, 0.2) is 0 Å². The van der Waals surface area contributed by atoms with Gasteiger partial charge in [0.1, 0.15) is 0 Å². The van der Waals surface area contributed by atoms with Gasteiger partial charge in [-0.1, -0.05) is 30.3 Å². The van der Waals surface area contributed by atoms with Crippen molar-refractivity contribution in [2.75, 3.05) is 26.3 Å². The largest absolute Gasteiger partial charge is 0.379 e. The lowest BCUT2D eigenvalue weighted by atomic mass is 9.89. The molecule has 1 amide bonds. The van der Waals surface area contributed by atoms with E-state index in [9.17, 15) is 4.79 Å². The molecule has 0 aliphatic carbocycles. The lowest BCUT2D eigenvalue weighted by molar-refractivity contribution is -0.136. The average molecular weight is 274 g/mol. The van der Waals surface area contributed by atoms with Gasteiger partial charge in [0.2, 0.25) is 5.91 Å². The van der Waals surface area contributed by atoms with Gasteiger partial charge < -0.3 is 15.4 Å². The van der Waals surface area contributed by atoms with E-state index >= 15 is 0 Å². The normalized spacial score (nSPS) is 27.8. The predicted octanol–water partition coefficient (Wildman–Crippen LogP) is 1.37. The number of ether oxygens (including phenoxy) is 1. The maximum Gasteiger partial charge on any atom is 0.229 e. The van der Waals surface area contributed by atoms with Crippen molar-refractivity contribution in [1.82, 2.24) is 4.90 Å². The van der Waals surface area contributed by atoms with Crippen LogP contribution < -0.4 is 5.73 Å². The molecule has 0 saturated carbocycles. The molecule has 20 heavy (non-hydrogen) atoms. The van der Waals surface area contributed by atoms with Crippen LogP contribution in [0, 0.1) is 5.92 Å². The summed E-state index contributed by atoms with van der Waals surface area (Å²) in [6, 6.07) is 10.5. The van der Waals surface area contributed by atoms with Crippen molar-refractivity contribution in [3.05, 3.63) is 35.9 Å². The highest BCUT2D eigenvalue weighted by molar-refractivity contribution is 5.80. The molecule has 108 valence electrons. The number of nitrogens with zero attached hydrogens (tertiary/aromatic N) is 1. The van der Waals surface area contributed by atoms with E-state index in [1.165, 1.54) is 5.56 Å². The van der Waals surface area contributed by atoms with E-state index in [-0.39, 0.29) is 17.9 Å². The van der Waals surface area contributed by atoms with Crippen molar-refractivity contribution in [1.29, 1.82) is 0 Å². The number of carbonyl (C=O) groups is 1. The standard InChI is InChI=1S/C16H22N2O2/c17-15-11-20-10-14(15)16(19)18-8-6-13(7-9-18)12-4-2-1-3-5-12/h1-5,13-15H,6-11,17H2. The molecule has 0 spiro atoms. The molecule has 2 heterocycles. The van der Waals surface area contributed by atoms with Gasteiger partial charge in [0.05, 0.1) is 19.1 Å². The van der Waals surface area contributed by atoms with Gasteiger partial charge >= 0.3 is 0 Å². The zero-order valence-corrected chi connectivity index (χ0v) is 11.7. The molecule has 0 radical (unpaired) electrons. The summed E-state index contributed by atoms with van der Waals surface area (Å²) >= 11 is 0. The van der Waals surface area contributed by atoms with Crippen LogP contribution in [-0.2, 0) is 9.53 Å². The highest BCUT2D eigenvalue weighted by atomic mass is 16.5. The van der Waals surface area contributed by atoms with Gasteiger partial charge in [-0.3, -0.25) is 4.79 Å². The Hall–Kier alpha value is -1.39. The van der Waals surface area contributed by atoms with Crippen LogP contribution >= 0.6 is 0 Å². The fraction of sp³-hybridized carbons (Fsp3) is 0.562. The number of likely N-dealkylation sites (tertiary alicyclic amines) is 1. The van der Waals surface area contributed by atoms with Crippen LogP contribution in [0.3, 0.4) is 0 Å². The fourth-order valence-corrected chi connectivity index (χ4v) is 3.22. The maximum absolute atomic E-state index is 12.4. The molecule has 0 aromatic heterocycles. The summed E-state index contributed by atoms with van der Waals surface area (Å²) in [7, 11) is 0. The first-order valence-electron chi connectivity index (χ1n) is 7.43. The first-order chi connectivity index (χ1) is 9.75. The van der Waals surface area contributed by atoms with Crippen LogP contribution in [0.15, 0.2) is 30.3 Å². The van der Waals surface area contributed by atoms with Crippen molar-refractivity contribution < 1.29 is 9.53 Å². The van der Waals surface area contributed by atoms with Crippen molar-refractivity contribution in [2.45, 2.75) is 24.8 Å². The van der Waals surface area contributed by atoms with Crippen LogP contribution in [0.5, 0.6) is 0 Å². The molecule has 3 rings (SSSR count). The molecule has 1 aromatic carbocycles. The number of rotatable bonds is 2. The zero-order chi connectivity index (χ0) is 13.9. The fourth-order valence-electron chi connectivity index (χ4n) is 3.22. The molecule has 2 fully saturated rings. The Morgan fingerprint density at radius 1 is 1.15 bits per heavy atom. The summed E-state index contributed by atoms with van der Waals surface area (Å²) in [6.45, 7) is 2.67. The van der Waals surface area contributed by atoms with E-state index in [1.807, 2.05) is 11.0 Å². The van der Waals surface area contributed by atoms with Gasteiger partial charge in [-0.25, -0.2) is 0 Å². The molecule has 0 bridgehead atoms. The van der Waals surface area contributed by atoms with Gasteiger partial charge in [0.25, 0.3) is 0 Å². The molecule has 4 heteroatoms. The number of benzene rings is 1. The second-order valence-electron chi connectivity index (χ2n) is 5.82. The summed E-state index contributed by atoms with van der Waals surface area (Å²) in [5, 5.41) is 0. The average Bonchev–Trinajstić information content (AvgIpc) is 2.94. The Bertz CT molecular complexity index is 455. The zero-order valence-electron chi connectivity index (χ0n) is 11.7. The first kappa shape index (κ1) is 13.6. The highest BCUT2D eigenvalue weighted by Crippen LogP contribution is 2.29. The monoisotopic (exact) mass is 274 g/mol. The molecule has 2 saturated heterocycles. The molecule has 1 aromatic rings. The minimum Gasteiger partial charge on any atom is -0.379 e. The lowest BCUT2D eigenvalue weighted by Gasteiger charge is -2.34. The number of hydrogen-bond donors (Lipinski definition) is 1. The molecule has 2 aliphatic rings. The van der Waals surface area contributed by atoms with E-state index < -0.39 is 0 Å².